The minimum absolute atomic E-state index is 0.100. The lowest BCUT2D eigenvalue weighted by Crippen LogP contribution is -2.36. The van der Waals surface area contributed by atoms with E-state index in [9.17, 15) is 14.0 Å². The molecule has 98 valence electrons. The zero-order chi connectivity index (χ0) is 12.9. The first-order valence-electron chi connectivity index (χ1n) is 5.42. The predicted octanol–water partition coefficient (Wildman–Crippen LogP) is 1.04. The van der Waals surface area contributed by atoms with Crippen molar-refractivity contribution in [2.45, 2.75) is 24.9 Å². The van der Waals surface area contributed by atoms with Gasteiger partial charge in [0.05, 0.1) is 0 Å². The highest BCUT2D eigenvalue weighted by molar-refractivity contribution is 6.27. The van der Waals surface area contributed by atoms with Crippen LogP contribution < -0.4 is 5.73 Å². The zero-order valence-electron chi connectivity index (χ0n) is 9.45. The molecule has 0 radical (unpaired) electrons. The van der Waals surface area contributed by atoms with Gasteiger partial charge in [-0.15, -0.1) is 11.6 Å². The van der Waals surface area contributed by atoms with E-state index in [1.807, 2.05) is 0 Å². The second-order valence-electron chi connectivity index (χ2n) is 4.13. The lowest BCUT2D eigenvalue weighted by Gasteiger charge is -2.23. The number of hydrogen-bond donors (Lipinski definition) is 1. The molecular formula is C10H16ClFN2O3. The maximum atomic E-state index is 14.2. The molecule has 0 aliphatic carbocycles. The normalized spacial score (nSPS) is 25.2. The lowest BCUT2D eigenvalue weighted by atomic mass is 9.98. The molecule has 1 fully saturated rings. The highest BCUT2D eigenvalue weighted by Crippen LogP contribution is 2.27. The first-order valence-corrected chi connectivity index (χ1v) is 5.95. The van der Waals surface area contributed by atoms with E-state index in [0.717, 1.165) is 0 Å². The number of alkyl halides is 2. The highest BCUT2D eigenvalue weighted by Gasteiger charge is 2.34. The fourth-order valence-electron chi connectivity index (χ4n) is 1.84. The van der Waals surface area contributed by atoms with E-state index in [1.54, 1.807) is 0 Å². The molecule has 5 nitrogen and oxygen atoms in total. The average molecular weight is 267 g/mol. The summed E-state index contributed by atoms with van der Waals surface area (Å²) in [5.74, 6) is -0.302. The van der Waals surface area contributed by atoms with Gasteiger partial charge in [-0.25, -0.2) is 9.18 Å². The largest absolute Gasteiger partial charge is 0.446 e. The number of halogens is 2. The Bertz CT molecular complexity index is 303. The molecule has 1 heterocycles. The van der Waals surface area contributed by atoms with Gasteiger partial charge in [-0.05, 0) is 12.8 Å². The number of likely N-dealkylation sites (tertiary alicyclic amines) is 1. The molecule has 0 aromatic carbocycles. The second kappa shape index (κ2) is 6.05. The van der Waals surface area contributed by atoms with Gasteiger partial charge in [0.2, 0.25) is 5.91 Å². The van der Waals surface area contributed by atoms with Crippen LogP contribution in [0.2, 0.25) is 0 Å². The van der Waals surface area contributed by atoms with Gasteiger partial charge >= 0.3 is 6.09 Å². The fourth-order valence-corrected chi connectivity index (χ4v) is 2.01. The van der Waals surface area contributed by atoms with E-state index < -0.39 is 11.8 Å². The smallest absolute Gasteiger partial charge is 0.404 e. The van der Waals surface area contributed by atoms with Crippen LogP contribution in [0.5, 0.6) is 0 Å². The van der Waals surface area contributed by atoms with Crippen LogP contribution in [0.15, 0.2) is 0 Å². The molecule has 17 heavy (non-hydrogen) atoms. The van der Waals surface area contributed by atoms with Crippen molar-refractivity contribution in [3.63, 3.8) is 0 Å². The molecule has 0 aromatic heterocycles. The topological polar surface area (TPSA) is 72.6 Å². The molecule has 1 atom stereocenters. The predicted molar refractivity (Wildman–Crippen MR) is 60.5 cm³/mol. The van der Waals surface area contributed by atoms with Crippen LogP contribution in [0.25, 0.3) is 0 Å². The van der Waals surface area contributed by atoms with Crippen molar-refractivity contribution in [2.75, 3.05) is 25.6 Å². The van der Waals surface area contributed by atoms with Crippen LogP contribution in [-0.4, -0.2) is 48.1 Å². The number of carbonyl (C=O) groups is 2. The van der Waals surface area contributed by atoms with Crippen LogP contribution >= 0.6 is 11.6 Å². The number of nitrogens with two attached hydrogens (primary N) is 1. The van der Waals surface area contributed by atoms with Crippen molar-refractivity contribution < 1.29 is 18.7 Å². The van der Waals surface area contributed by atoms with Gasteiger partial charge < -0.3 is 15.4 Å². The summed E-state index contributed by atoms with van der Waals surface area (Å²) >= 11 is 5.44. The lowest BCUT2D eigenvalue weighted by molar-refractivity contribution is -0.128. The first kappa shape index (κ1) is 14.0. The van der Waals surface area contributed by atoms with Crippen LogP contribution in [-0.2, 0) is 9.53 Å². The molecular weight excluding hydrogens is 251 g/mol. The molecule has 7 heteroatoms. The van der Waals surface area contributed by atoms with Crippen molar-refractivity contribution in [3.05, 3.63) is 0 Å². The Morgan fingerprint density at radius 3 is 2.71 bits per heavy atom. The van der Waals surface area contributed by atoms with E-state index >= 15 is 0 Å². The summed E-state index contributed by atoms with van der Waals surface area (Å²) in [6.45, 7) is 0.406. The summed E-state index contributed by atoms with van der Waals surface area (Å²) in [6.07, 6.45) is -0.101. The summed E-state index contributed by atoms with van der Waals surface area (Å²) in [5.41, 5.74) is 3.19. The standard InChI is InChI=1S/C10H16ClFN2O3/c11-6-8(15)14-4-1-2-10(12,3-5-14)7-17-9(13)16/h1-7H2,(H2,13,16). The van der Waals surface area contributed by atoms with Gasteiger partial charge in [-0.1, -0.05) is 0 Å². The number of nitrogens with zero attached hydrogens (tertiary/aromatic N) is 1. The Kier molecular flexibility index (Phi) is 4.99. The van der Waals surface area contributed by atoms with Crippen LogP contribution in [0, 0.1) is 0 Å². The third-order valence-electron chi connectivity index (χ3n) is 2.82. The minimum Gasteiger partial charge on any atom is -0.446 e. The molecule has 1 saturated heterocycles. The van der Waals surface area contributed by atoms with Crippen molar-refractivity contribution >= 4 is 23.6 Å². The first-order chi connectivity index (χ1) is 7.97. The van der Waals surface area contributed by atoms with E-state index in [1.165, 1.54) is 4.90 Å². The van der Waals surface area contributed by atoms with Crippen molar-refractivity contribution in [3.8, 4) is 0 Å². The van der Waals surface area contributed by atoms with E-state index in [2.05, 4.69) is 4.74 Å². The van der Waals surface area contributed by atoms with Crippen LogP contribution in [0.1, 0.15) is 19.3 Å². The summed E-state index contributed by atoms with van der Waals surface area (Å²) in [4.78, 5) is 23.3. The monoisotopic (exact) mass is 266 g/mol. The van der Waals surface area contributed by atoms with Crippen LogP contribution in [0.4, 0.5) is 9.18 Å². The summed E-state index contributed by atoms with van der Waals surface area (Å²) in [6, 6.07) is 0. The van der Waals surface area contributed by atoms with Gasteiger partial charge in [0.15, 0.2) is 0 Å². The minimum atomic E-state index is -1.60. The third kappa shape index (κ3) is 4.38. The molecule has 0 spiro atoms. The highest BCUT2D eigenvalue weighted by atomic mass is 35.5. The van der Waals surface area contributed by atoms with Gasteiger partial charge in [0.25, 0.3) is 0 Å². The van der Waals surface area contributed by atoms with E-state index in [0.29, 0.717) is 13.0 Å². The summed E-state index contributed by atoms with van der Waals surface area (Å²) in [7, 11) is 0. The molecule has 1 rings (SSSR count). The molecule has 0 aromatic rings. The number of amides is 2. The fraction of sp³-hybridized carbons (Fsp3) is 0.800. The molecule has 1 aliphatic rings. The second-order valence-corrected chi connectivity index (χ2v) is 4.39. The number of primary amides is 1. The van der Waals surface area contributed by atoms with Crippen LogP contribution in [0.3, 0.4) is 0 Å². The van der Waals surface area contributed by atoms with Gasteiger partial charge in [0, 0.05) is 19.5 Å². The van der Waals surface area contributed by atoms with E-state index in [4.69, 9.17) is 17.3 Å². The zero-order valence-corrected chi connectivity index (χ0v) is 10.2. The molecule has 0 saturated carbocycles. The number of rotatable bonds is 3. The molecule has 2 amide bonds. The number of hydrogen-bond acceptors (Lipinski definition) is 3. The number of ether oxygens (including phenoxy) is 1. The molecule has 1 unspecified atom stereocenters. The Labute approximate surface area is 104 Å². The maximum Gasteiger partial charge on any atom is 0.404 e. The van der Waals surface area contributed by atoms with Crippen molar-refractivity contribution in [2.24, 2.45) is 5.73 Å². The van der Waals surface area contributed by atoms with E-state index in [-0.39, 0.29) is 37.8 Å². The molecule has 2 N–H and O–H groups in total. The van der Waals surface area contributed by atoms with Crippen molar-refractivity contribution in [1.82, 2.24) is 4.90 Å². The summed E-state index contributed by atoms with van der Waals surface area (Å²) in [5, 5.41) is 0. The average Bonchev–Trinajstić information content (AvgIpc) is 2.49. The Balaban J connectivity index is 2.51. The van der Waals surface area contributed by atoms with Gasteiger partial charge in [-0.2, -0.15) is 0 Å². The maximum absolute atomic E-state index is 14.2. The molecule has 0 bridgehead atoms. The third-order valence-corrected chi connectivity index (χ3v) is 3.05. The van der Waals surface area contributed by atoms with Crippen molar-refractivity contribution in [1.29, 1.82) is 0 Å². The quantitative estimate of drug-likeness (QED) is 0.776. The van der Waals surface area contributed by atoms with Gasteiger partial charge in [0.1, 0.15) is 18.2 Å². The SMILES string of the molecule is NC(=O)OCC1(F)CCCN(C(=O)CCl)CC1. The Hall–Kier alpha value is -1.04. The molecule has 1 aliphatic heterocycles. The number of carbonyl (C=O) groups excluding carboxylic acids is 2. The Morgan fingerprint density at radius 2 is 2.12 bits per heavy atom. The Morgan fingerprint density at radius 1 is 1.41 bits per heavy atom. The summed E-state index contributed by atoms with van der Waals surface area (Å²) < 4.78 is 18.7. The van der Waals surface area contributed by atoms with Gasteiger partial charge in [-0.3, -0.25) is 4.79 Å².